The molecule has 0 fully saturated rings. The van der Waals surface area contributed by atoms with E-state index < -0.39 is 12.6 Å². The number of alkyl halides is 3. The molecule has 20 heavy (non-hydrogen) atoms. The van der Waals surface area contributed by atoms with Crippen LogP contribution in [0.15, 0.2) is 49.0 Å². The molecule has 0 spiro atoms. The van der Waals surface area contributed by atoms with Gasteiger partial charge in [-0.1, -0.05) is 36.9 Å². The van der Waals surface area contributed by atoms with Crippen LogP contribution in [-0.4, -0.2) is 6.18 Å². The molecule has 0 saturated heterocycles. The molecule has 1 heterocycles. The van der Waals surface area contributed by atoms with Crippen molar-refractivity contribution in [3.63, 3.8) is 0 Å². The van der Waals surface area contributed by atoms with E-state index in [1.54, 1.807) is 12.1 Å². The van der Waals surface area contributed by atoms with Crippen LogP contribution in [0.5, 0.6) is 0 Å². The van der Waals surface area contributed by atoms with E-state index >= 15 is 0 Å². The first-order valence-electron chi connectivity index (χ1n) is 6.19. The van der Waals surface area contributed by atoms with E-state index in [4.69, 9.17) is 0 Å². The van der Waals surface area contributed by atoms with Gasteiger partial charge in [0.15, 0.2) is 0 Å². The zero-order valence-corrected chi connectivity index (χ0v) is 10.6. The van der Waals surface area contributed by atoms with E-state index in [1.807, 2.05) is 24.3 Å². The minimum absolute atomic E-state index is 0.264. The summed E-state index contributed by atoms with van der Waals surface area (Å²) in [7, 11) is 0. The Morgan fingerprint density at radius 1 is 0.950 bits per heavy atom. The Labute approximate surface area is 114 Å². The van der Waals surface area contributed by atoms with Gasteiger partial charge in [0.05, 0.1) is 6.42 Å². The van der Waals surface area contributed by atoms with Crippen LogP contribution in [0.2, 0.25) is 0 Å². The molecule has 2 aromatic rings. The average molecular weight is 275 g/mol. The summed E-state index contributed by atoms with van der Waals surface area (Å²) in [5, 5.41) is 3.13. The molecule has 2 aromatic carbocycles. The second-order valence-electron chi connectivity index (χ2n) is 4.82. The van der Waals surface area contributed by atoms with Crippen LogP contribution in [0, 0.1) is 0 Å². The summed E-state index contributed by atoms with van der Waals surface area (Å²) >= 11 is 0. The van der Waals surface area contributed by atoms with Gasteiger partial charge in [-0.3, -0.25) is 0 Å². The molecule has 4 heteroatoms. The lowest BCUT2D eigenvalue weighted by atomic mass is 9.91. The highest BCUT2D eigenvalue weighted by molar-refractivity contribution is 5.96. The molecule has 0 aliphatic carbocycles. The van der Waals surface area contributed by atoms with Crippen LogP contribution in [-0.2, 0) is 6.42 Å². The van der Waals surface area contributed by atoms with Crippen molar-refractivity contribution in [2.24, 2.45) is 0 Å². The highest BCUT2D eigenvalue weighted by Gasteiger charge is 2.28. The van der Waals surface area contributed by atoms with E-state index in [-0.39, 0.29) is 5.56 Å². The Hall–Kier alpha value is -2.23. The molecule has 0 unspecified atom stereocenters. The first-order valence-corrected chi connectivity index (χ1v) is 6.19. The second kappa shape index (κ2) is 4.40. The number of hydrogen-bond acceptors (Lipinski definition) is 1. The molecule has 0 aromatic heterocycles. The Balaban J connectivity index is 2.10. The quantitative estimate of drug-likeness (QED) is 0.784. The predicted molar refractivity (Wildman–Crippen MR) is 74.3 cm³/mol. The number of fused-ring (bicyclic) bond motifs is 3. The number of nitrogens with one attached hydrogen (secondary N) is 1. The molecule has 0 amide bonds. The lowest BCUT2D eigenvalue weighted by molar-refractivity contribution is -0.127. The number of halogens is 3. The molecule has 1 aliphatic rings. The van der Waals surface area contributed by atoms with Crippen molar-refractivity contribution in [3.8, 4) is 11.1 Å². The molecule has 1 N–H and O–H groups in total. The Morgan fingerprint density at radius 3 is 2.35 bits per heavy atom. The highest BCUT2D eigenvalue weighted by atomic mass is 19.4. The molecule has 1 aliphatic heterocycles. The van der Waals surface area contributed by atoms with Crippen molar-refractivity contribution >= 4 is 11.4 Å². The van der Waals surface area contributed by atoms with Crippen molar-refractivity contribution in [2.75, 3.05) is 5.32 Å². The van der Waals surface area contributed by atoms with Crippen molar-refractivity contribution in [1.82, 2.24) is 0 Å². The third-order valence-electron chi connectivity index (χ3n) is 3.32. The molecule has 1 nitrogen and oxygen atoms in total. The summed E-state index contributed by atoms with van der Waals surface area (Å²) in [4.78, 5) is 0. The van der Waals surface area contributed by atoms with Crippen LogP contribution in [0.4, 0.5) is 18.9 Å². The van der Waals surface area contributed by atoms with Crippen LogP contribution in [0.3, 0.4) is 0 Å². The molecule has 102 valence electrons. The standard InChI is InChI=1S/C16H12F3N/c1-10-12-4-2-3-5-13(12)14-8-11(9-16(17,18)19)6-7-15(14)20-10/h2-8,20H,1,9H2. The normalized spacial score (nSPS) is 13.4. The number of rotatable bonds is 1. The van der Waals surface area contributed by atoms with E-state index in [9.17, 15) is 13.2 Å². The SMILES string of the molecule is C=C1Nc2ccc(CC(F)(F)F)cc2-c2ccccc21. The van der Waals surface area contributed by atoms with Crippen LogP contribution < -0.4 is 5.32 Å². The van der Waals surface area contributed by atoms with Gasteiger partial charge in [0, 0.05) is 22.5 Å². The van der Waals surface area contributed by atoms with E-state index in [1.165, 1.54) is 6.07 Å². The van der Waals surface area contributed by atoms with Gasteiger partial charge in [-0.25, -0.2) is 0 Å². The third-order valence-corrected chi connectivity index (χ3v) is 3.32. The fourth-order valence-corrected chi connectivity index (χ4v) is 2.48. The van der Waals surface area contributed by atoms with Gasteiger partial charge < -0.3 is 5.32 Å². The highest BCUT2D eigenvalue weighted by Crippen LogP contribution is 2.40. The monoisotopic (exact) mass is 275 g/mol. The van der Waals surface area contributed by atoms with Gasteiger partial charge in [0.1, 0.15) is 0 Å². The Bertz CT molecular complexity index is 686. The third kappa shape index (κ3) is 2.29. The number of benzene rings is 2. The maximum atomic E-state index is 12.5. The van der Waals surface area contributed by atoms with E-state index in [0.717, 1.165) is 28.1 Å². The minimum Gasteiger partial charge on any atom is -0.355 e. The summed E-state index contributed by atoms with van der Waals surface area (Å²) in [6, 6.07) is 12.3. The van der Waals surface area contributed by atoms with Gasteiger partial charge >= 0.3 is 6.18 Å². The molecule has 3 rings (SSSR count). The van der Waals surface area contributed by atoms with Crippen molar-refractivity contribution in [2.45, 2.75) is 12.6 Å². The van der Waals surface area contributed by atoms with Crippen molar-refractivity contribution in [3.05, 3.63) is 60.2 Å². The topological polar surface area (TPSA) is 12.0 Å². The van der Waals surface area contributed by atoms with E-state index in [2.05, 4.69) is 11.9 Å². The molecule has 0 atom stereocenters. The lowest BCUT2D eigenvalue weighted by Gasteiger charge is -2.24. The smallest absolute Gasteiger partial charge is 0.355 e. The maximum absolute atomic E-state index is 12.5. The van der Waals surface area contributed by atoms with Crippen molar-refractivity contribution < 1.29 is 13.2 Å². The minimum atomic E-state index is -4.19. The average Bonchev–Trinajstić information content (AvgIpc) is 2.38. The number of anilines is 1. The first-order chi connectivity index (χ1) is 9.44. The molecule has 0 radical (unpaired) electrons. The summed E-state index contributed by atoms with van der Waals surface area (Å²) in [6.07, 6.45) is -5.11. The largest absolute Gasteiger partial charge is 0.393 e. The van der Waals surface area contributed by atoms with E-state index in [0.29, 0.717) is 0 Å². The molecular formula is C16H12F3N. The molecular weight excluding hydrogens is 263 g/mol. The van der Waals surface area contributed by atoms with Crippen LogP contribution in [0.1, 0.15) is 11.1 Å². The Morgan fingerprint density at radius 2 is 1.65 bits per heavy atom. The molecule has 0 saturated carbocycles. The van der Waals surface area contributed by atoms with Gasteiger partial charge in [0.25, 0.3) is 0 Å². The summed E-state index contributed by atoms with van der Waals surface area (Å²) < 4.78 is 37.5. The summed E-state index contributed by atoms with van der Waals surface area (Å²) in [5.74, 6) is 0. The zero-order valence-electron chi connectivity index (χ0n) is 10.6. The maximum Gasteiger partial charge on any atom is 0.393 e. The first kappa shape index (κ1) is 12.8. The fraction of sp³-hybridized carbons (Fsp3) is 0.125. The lowest BCUT2D eigenvalue weighted by Crippen LogP contribution is -2.12. The second-order valence-corrected chi connectivity index (χ2v) is 4.82. The summed E-state index contributed by atoms with van der Waals surface area (Å²) in [5.41, 5.74) is 4.44. The molecule has 0 bridgehead atoms. The predicted octanol–water partition coefficient (Wildman–Crippen LogP) is 4.85. The van der Waals surface area contributed by atoms with Crippen molar-refractivity contribution in [1.29, 1.82) is 0 Å². The van der Waals surface area contributed by atoms with Gasteiger partial charge in [-0.15, -0.1) is 0 Å². The fourth-order valence-electron chi connectivity index (χ4n) is 2.48. The van der Waals surface area contributed by atoms with Crippen LogP contribution >= 0.6 is 0 Å². The van der Waals surface area contributed by atoms with Gasteiger partial charge in [-0.2, -0.15) is 13.2 Å². The Kier molecular flexibility index (Phi) is 2.82. The number of hydrogen-bond donors (Lipinski definition) is 1. The van der Waals surface area contributed by atoms with Gasteiger partial charge in [-0.05, 0) is 23.3 Å². The summed E-state index contributed by atoms with van der Waals surface area (Å²) in [6.45, 7) is 3.95. The van der Waals surface area contributed by atoms with Gasteiger partial charge in [0.2, 0.25) is 0 Å². The zero-order chi connectivity index (χ0) is 14.3. The van der Waals surface area contributed by atoms with Crippen LogP contribution in [0.25, 0.3) is 16.8 Å².